The number of hydrogen-bond donors (Lipinski definition) is 0. The molecular formula is C34H52O5. The lowest BCUT2D eigenvalue weighted by Crippen LogP contribution is -2.05. The molecule has 0 N–H and O–H groups in total. The van der Waals surface area contributed by atoms with Crippen molar-refractivity contribution >= 4 is 24.0 Å². The molecule has 0 atom stereocenters. The van der Waals surface area contributed by atoms with Crippen molar-refractivity contribution in [3.63, 3.8) is 0 Å². The fourth-order valence-electron chi connectivity index (χ4n) is 3.83. The van der Waals surface area contributed by atoms with E-state index < -0.39 is 11.9 Å². The van der Waals surface area contributed by atoms with Crippen LogP contribution < -0.4 is 0 Å². The maximum atomic E-state index is 11.2. The van der Waals surface area contributed by atoms with E-state index in [1.807, 2.05) is 36.4 Å². The lowest BCUT2D eigenvalue weighted by molar-refractivity contribution is -0.150. The zero-order valence-electron chi connectivity index (χ0n) is 24.6. The summed E-state index contributed by atoms with van der Waals surface area (Å²) in [4.78, 5) is 31.0. The zero-order valence-corrected chi connectivity index (χ0v) is 24.6. The molecule has 1 aromatic carbocycles. The first kappa shape index (κ1) is 36.0. The number of carbonyl (C=O) groups excluding carboxylic acids is 3. The molecule has 0 aromatic heterocycles. The fourth-order valence-corrected chi connectivity index (χ4v) is 3.83. The standard InChI is InChI=1S/C22H42O2.C8H8.C4H2O3/c1-4-5-6-7-8-9-10-11-12-13-14-15-16-17-18-19-20-24-22(23)21(2)3;1-2-8-6-4-3-5-7-8;5-3-1-2-4(6)7-3/h2,4-20H2,1,3H3;2-7H,1H2;1-2H. The highest BCUT2D eigenvalue weighted by Gasteiger charge is 2.10. The Kier molecular flexibility index (Phi) is 24.6. The van der Waals surface area contributed by atoms with Crippen LogP contribution in [0.2, 0.25) is 0 Å². The average Bonchev–Trinajstić information content (AvgIpc) is 3.33. The second-order valence-electron chi connectivity index (χ2n) is 9.91. The van der Waals surface area contributed by atoms with Crippen molar-refractivity contribution in [3.8, 4) is 0 Å². The van der Waals surface area contributed by atoms with E-state index in [0.717, 1.165) is 18.6 Å². The minimum Gasteiger partial charge on any atom is -0.462 e. The zero-order chi connectivity index (χ0) is 29.0. The Bertz CT molecular complexity index is 809. The Labute approximate surface area is 237 Å². The van der Waals surface area contributed by atoms with Crippen molar-refractivity contribution in [1.82, 2.24) is 0 Å². The van der Waals surface area contributed by atoms with E-state index in [9.17, 15) is 14.4 Å². The second-order valence-corrected chi connectivity index (χ2v) is 9.91. The molecule has 0 bridgehead atoms. The van der Waals surface area contributed by atoms with E-state index in [1.165, 1.54) is 102 Å². The normalized spacial score (nSPS) is 11.5. The molecule has 0 spiro atoms. The number of cyclic esters (lactones) is 2. The van der Waals surface area contributed by atoms with Crippen LogP contribution in [0.5, 0.6) is 0 Å². The van der Waals surface area contributed by atoms with E-state index in [1.54, 1.807) is 6.92 Å². The lowest BCUT2D eigenvalue weighted by Gasteiger charge is -2.05. The molecule has 0 amide bonds. The van der Waals surface area contributed by atoms with Crippen LogP contribution in [0, 0.1) is 0 Å². The van der Waals surface area contributed by atoms with Crippen LogP contribution in [0.3, 0.4) is 0 Å². The van der Waals surface area contributed by atoms with Crippen LogP contribution >= 0.6 is 0 Å². The van der Waals surface area contributed by atoms with E-state index in [4.69, 9.17) is 4.74 Å². The molecule has 39 heavy (non-hydrogen) atoms. The van der Waals surface area contributed by atoms with Crippen molar-refractivity contribution < 1.29 is 23.9 Å². The summed E-state index contributed by atoms with van der Waals surface area (Å²) in [6, 6.07) is 10.0. The van der Waals surface area contributed by atoms with Gasteiger partial charge >= 0.3 is 17.9 Å². The monoisotopic (exact) mass is 540 g/mol. The minimum absolute atomic E-state index is 0.254. The van der Waals surface area contributed by atoms with Crippen LogP contribution in [-0.4, -0.2) is 24.5 Å². The van der Waals surface area contributed by atoms with Gasteiger partial charge in [-0.1, -0.05) is 153 Å². The topological polar surface area (TPSA) is 69.7 Å². The summed E-state index contributed by atoms with van der Waals surface area (Å²) >= 11 is 0. The molecule has 1 heterocycles. The highest BCUT2D eigenvalue weighted by molar-refractivity contribution is 6.04. The maximum absolute atomic E-state index is 11.2. The van der Waals surface area contributed by atoms with Gasteiger partial charge in [-0.2, -0.15) is 0 Å². The van der Waals surface area contributed by atoms with Crippen molar-refractivity contribution in [2.75, 3.05) is 6.61 Å². The first-order valence-corrected chi connectivity index (χ1v) is 14.8. The Hall–Kier alpha value is -2.95. The third-order valence-corrected chi connectivity index (χ3v) is 6.17. The summed E-state index contributed by atoms with van der Waals surface area (Å²) in [6.45, 7) is 11.7. The molecular weight excluding hydrogens is 488 g/mol. The average molecular weight is 541 g/mol. The van der Waals surface area contributed by atoms with Crippen LogP contribution in [0.25, 0.3) is 6.08 Å². The van der Waals surface area contributed by atoms with Gasteiger partial charge in [0.05, 0.1) is 6.61 Å². The number of hydrogen-bond acceptors (Lipinski definition) is 5. The molecule has 1 aliphatic heterocycles. The number of rotatable bonds is 19. The molecule has 0 aliphatic carbocycles. The van der Waals surface area contributed by atoms with Gasteiger partial charge in [-0.3, -0.25) is 0 Å². The fraction of sp³-hybridized carbons (Fsp3) is 0.559. The van der Waals surface area contributed by atoms with Crippen molar-refractivity contribution in [1.29, 1.82) is 0 Å². The van der Waals surface area contributed by atoms with Crippen molar-refractivity contribution in [2.45, 2.75) is 117 Å². The van der Waals surface area contributed by atoms with Gasteiger partial charge in [0, 0.05) is 17.7 Å². The Morgan fingerprint density at radius 1 is 0.744 bits per heavy atom. The lowest BCUT2D eigenvalue weighted by atomic mass is 10.0. The van der Waals surface area contributed by atoms with Gasteiger partial charge in [-0.05, 0) is 18.9 Å². The van der Waals surface area contributed by atoms with E-state index in [-0.39, 0.29) is 5.97 Å². The van der Waals surface area contributed by atoms with Gasteiger partial charge < -0.3 is 9.47 Å². The van der Waals surface area contributed by atoms with E-state index in [0.29, 0.717) is 12.2 Å². The molecule has 1 aliphatic rings. The SMILES string of the molecule is C=C(C)C(=O)OCCCCCCCCCCCCCCCCCC.C=Cc1ccccc1.O=C1C=CC(=O)O1. The summed E-state index contributed by atoms with van der Waals surface area (Å²) in [7, 11) is 0. The number of benzene rings is 1. The molecule has 2 rings (SSSR count). The molecule has 0 fully saturated rings. The van der Waals surface area contributed by atoms with Crippen LogP contribution in [-0.2, 0) is 23.9 Å². The molecule has 218 valence electrons. The number of esters is 3. The summed E-state index contributed by atoms with van der Waals surface area (Å²) in [5.74, 6) is -1.41. The van der Waals surface area contributed by atoms with Gasteiger partial charge in [-0.15, -0.1) is 0 Å². The molecule has 1 aromatic rings. The van der Waals surface area contributed by atoms with Crippen molar-refractivity contribution in [3.05, 3.63) is 66.8 Å². The summed E-state index contributed by atoms with van der Waals surface area (Å²) in [5.41, 5.74) is 1.67. The minimum atomic E-state index is -0.579. The molecule has 0 saturated carbocycles. The van der Waals surface area contributed by atoms with Gasteiger partial charge in [0.25, 0.3) is 0 Å². The summed E-state index contributed by atoms with van der Waals surface area (Å²) < 4.78 is 9.06. The smallest absolute Gasteiger partial charge is 0.338 e. The Balaban J connectivity index is 0.000000764. The summed E-state index contributed by atoms with van der Waals surface area (Å²) in [6.07, 6.45) is 25.7. The van der Waals surface area contributed by atoms with Crippen molar-refractivity contribution in [2.24, 2.45) is 0 Å². The molecule has 0 radical (unpaired) electrons. The number of unbranched alkanes of at least 4 members (excludes halogenated alkanes) is 15. The quantitative estimate of drug-likeness (QED) is 0.0756. The Morgan fingerprint density at radius 2 is 1.15 bits per heavy atom. The van der Waals surface area contributed by atoms with E-state index in [2.05, 4.69) is 24.8 Å². The number of ether oxygens (including phenoxy) is 2. The first-order valence-electron chi connectivity index (χ1n) is 14.8. The molecule has 5 heteroatoms. The Morgan fingerprint density at radius 3 is 1.46 bits per heavy atom. The second kappa shape index (κ2) is 26.6. The molecule has 5 nitrogen and oxygen atoms in total. The van der Waals surface area contributed by atoms with Gasteiger partial charge in [0.1, 0.15) is 0 Å². The van der Waals surface area contributed by atoms with Crippen LogP contribution in [0.15, 0.2) is 61.2 Å². The highest BCUT2D eigenvalue weighted by Crippen LogP contribution is 2.13. The third-order valence-electron chi connectivity index (χ3n) is 6.17. The van der Waals surface area contributed by atoms with Gasteiger partial charge in [0.2, 0.25) is 0 Å². The molecule has 0 saturated heterocycles. The highest BCUT2D eigenvalue weighted by atomic mass is 16.6. The predicted octanol–water partition coefficient (Wildman–Crippen LogP) is 9.32. The van der Waals surface area contributed by atoms with E-state index >= 15 is 0 Å². The first-order chi connectivity index (χ1) is 18.9. The van der Waals surface area contributed by atoms with Gasteiger partial charge in [0.15, 0.2) is 0 Å². The third kappa shape index (κ3) is 25.1. The maximum Gasteiger partial charge on any atom is 0.338 e. The van der Waals surface area contributed by atoms with Crippen LogP contribution in [0.1, 0.15) is 122 Å². The van der Waals surface area contributed by atoms with Gasteiger partial charge in [-0.25, -0.2) is 14.4 Å². The molecule has 0 unspecified atom stereocenters. The largest absolute Gasteiger partial charge is 0.462 e. The summed E-state index contributed by atoms with van der Waals surface area (Å²) in [5, 5.41) is 0. The van der Waals surface area contributed by atoms with Crippen LogP contribution in [0.4, 0.5) is 0 Å². The number of carbonyl (C=O) groups is 3. The predicted molar refractivity (Wildman–Crippen MR) is 162 cm³/mol.